The highest BCUT2D eigenvalue weighted by molar-refractivity contribution is 5.94. The highest BCUT2D eigenvalue weighted by Gasteiger charge is 2.29. The van der Waals surface area contributed by atoms with Crippen molar-refractivity contribution in [3.05, 3.63) is 36.0 Å². The van der Waals surface area contributed by atoms with Gasteiger partial charge in [0.1, 0.15) is 18.1 Å². The van der Waals surface area contributed by atoms with Gasteiger partial charge in [-0.3, -0.25) is 14.4 Å². The first-order valence-corrected chi connectivity index (χ1v) is 12.2. The summed E-state index contributed by atoms with van der Waals surface area (Å²) >= 11 is 0. The van der Waals surface area contributed by atoms with Crippen LogP contribution in [0.1, 0.15) is 45.6 Å². The number of carboxylic acids is 1. The zero-order chi connectivity index (χ0) is 26.8. The van der Waals surface area contributed by atoms with E-state index >= 15 is 0 Å². The second-order valence-corrected chi connectivity index (χ2v) is 9.31. The summed E-state index contributed by atoms with van der Waals surface area (Å²) in [5.74, 6) is -3.17. The Morgan fingerprint density at radius 2 is 1.67 bits per heavy atom. The number of aliphatic carboxylic acids is 1. The third kappa shape index (κ3) is 8.06. The summed E-state index contributed by atoms with van der Waals surface area (Å²) in [6.45, 7) is 5.23. The summed E-state index contributed by atoms with van der Waals surface area (Å²) < 4.78 is 0. The zero-order valence-corrected chi connectivity index (χ0v) is 21.0. The lowest BCUT2D eigenvalue weighted by Crippen LogP contribution is -2.57. The summed E-state index contributed by atoms with van der Waals surface area (Å²) in [6.07, 6.45) is 3.64. The molecule has 0 aliphatic heterocycles. The molecule has 0 saturated heterocycles. The third-order valence-corrected chi connectivity index (χ3v) is 6.01. The number of nitrogens with one attached hydrogen (secondary N) is 4. The van der Waals surface area contributed by atoms with Crippen LogP contribution in [0.25, 0.3) is 10.9 Å². The van der Waals surface area contributed by atoms with E-state index < -0.39 is 47.9 Å². The number of hydrogen-bond acceptors (Lipinski definition) is 6. The number of fused-ring (bicyclic) bond motifs is 1. The average molecular weight is 503 g/mol. The van der Waals surface area contributed by atoms with Crippen molar-refractivity contribution in [1.82, 2.24) is 20.9 Å². The van der Waals surface area contributed by atoms with Crippen LogP contribution in [0.5, 0.6) is 0 Å². The van der Waals surface area contributed by atoms with E-state index in [1.165, 1.54) is 6.92 Å². The molecule has 1 aromatic heterocycles. The molecular formula is C25H38N6O5. The molecule has 0 aliphatic carbocycles. The molecule has 0 bridgehead atoms. The smallest absolute Gasteiger partial charge is 0.326 e. The summed E-state index contributed by atoms with van der Waals surface area (Å²) in [7, 11) is 0. The number of nitrogens with two attached hydrogens (primary N) is 2. The molecule has 36 heavy (non-hydrogen) atoms. The summed E-state index contributed by atoms with van der Waals surface area (Å²) in [4.78, 5) is 52.8. The predicted molar refractivity (Wildman–Crippen MR) is 137 cm³/mol. The van der Waals surface area contributed by atoms with Crippen LogP contribution in [0, 0.1) is 5.92 Å². The molecular weight excluding hydrogens is 464 g/mol. The number of carbonyl (C=O) groups excluding carboxylic acids is 3. The third-order valence-electron chi connectivity index (χ3n) is 6.01. The molecule has 0 saturated carbocycles. The second-order valence-electron chi connectivity index (χ2n) is 9.31. The van der Waals surface area contributed by atoms with Gasteiger partial charge < -0.3 is 37.5 Å². The molecule has 0 aliphatic rings. The fourth-order valence-corrected chi connectivity index (χ4v) is 3.84. The van der Waals surface area contributed by atoms with Gasteiger partial charge >= 0.3 is 5.97 Å². The molecule has 4 atom stereocenters. The standard InChI is InChI=1S/C25H38N6O5/c1-14(2)21(25(35)36)31-22(32)15(3)29-24(34)20(10-6-7-11-26)30-23(33)18(27)12-16-13-28-19-9-5-4-8-17(16)19/h4-5,8-9,13-15,18,20-21,28H,6-7,10-12,26-27H2,1-3H3,(H,29,34)(H,30,33)(H,31,32)(H,35,36). The van der Waals surface area contributed by atoms with Crippen molar-refractivity contribution in [2.75, 3.05) is 6.54 Å². The van der Waals surface area contributed by atoms with E-state index in [0.717, 1.165) is 16.5 Å². The first-order valence-electron chi connectivity index (χ1n) is 12.2. The lowest BCUT2D eigenvalue weighted by atomic mass is 10.0. The minimum absolute atomic E-state index is 0.275. The van der Waals surface area contributed by atoms with Crippen molar-refractivity contribution in [2.24, 2.45) is 17.4 Å². The Balaban J connectivity index is 2.03. The number of benzene rings is 1. The first-order chi connectivity index (χ1) is 17.0. The highest BCUT2D eigenvalue weighted by atomic mass is 16.4. The number of rotatable bonds is 14. The zero-order valence-electron chi connectivity index (χ0n) is 21.0. The molecule has 2 rings (SSSR count). The van der Waals surface area contributed by atoms with Crippen molar-refractivity contribution < 1.29 is 24.3 Å². The van der Waals surface area contributed by atoms with Gasteiger partial charge in [0.2, 0.25) is 17.7 Å². The molecule has 0 spiro atoms. The fourth-order valence-electron chi connectivity index (χ4n) is 3.84. The summed E-state index contributed by atoms with van der Waals surface area (Å²) in [6, 6.07) is 3.78. The van der Waals surface area contributed by atoms with E-state index in [9.17, 15) is 24.3 Å². The quantitative estimate of drug-likeness (QED) is 0.181. The first kappa shape index (κ1) is 28.8. The number of carbonyl (C=O) groups is 4. The number of para-hydroxylation sites is 1. The topological polar surface area (TPSA) is 192 Å². The van der Waals surface area contributed by atoms with Gasteiger partial charge in [0.05, 0.1) is 6.04 Å². The average Bonchev–Trinajstić information content (AvgIpc) is 3.23. The molecule has 11 heteroatoms. The maximum Gasteiger partial charge on any atom is 0.326 e. The largest absolute Gasteiger partial charge is 0.480 e. The highest BCUT2D eigenvalue weighted by Crippen LogP contribution is 2.19. The Bertz CT molecular complexity index is 1050. The van der Waals surface area contributed by atoms with Crippen molar-refractivity contribution in [1.29, 1.82) is 0 Å². The van der Waals surface area contributed by atoms with Crippen LogP contribution in [-0.4, -0.2) is 64.5 Å². The monoisotopic (exact) mass is 502 g/mol. The maximum absolute atomic E-state index is 13.0. The lowest BCUT2D eigenvalue weighted by molar-refractivity contribution is -0.143. The molecule has 3 amide bonds. The van der Waals surface area contributed by atoms with E-state index in [-0.39, 0.29) is 12.3 Å². The molecule has 1 aromatic carbocycles. The van der Waals surface area contributed by atoms with Crippen LogP contribution < -0.4 is 27.4 Å². The number of carboxylic acid groups (broad SMARTS) is 1. The van der Waals surface area contributed by atoms with Crippen LogP contribution in [0.3, 0.4) is 0 Å². The van der Waals surface area contributed by atoms with Crippen LogP contribution in [0.2, 0.25) is 0 Å². The number of hydrogen-bond donors (Lipinski definition) is 7. The van der Waals surface area contributed by atoms with E-state index in [1.807, 2.05) is 30.5 Å². The minimum Gasteiger partial charge on any atom is -0.480 e. The van der Waals surface area contributed by atoms with Crippen molar-refractivity contribution in [3.8, 4) is 0 Å². The number of aromatic nitrogens is 1. The Hall–Kier alpha value is -3.44. The number of amides is 3. The van der Waals surface area contributed by atoms with Crippen LogP contribution in [0.15, 0.2) is 30.5 Å². The fraction of sp³-hybridized carbons (Fsp3) is 0.520. The molecule has 1 heterocycles. The number of unbranched alkanes of at least 4 members (excludes halogenated alkanes) is 1. The van der Waals surface area contributed by atoms with Gasteiger partial charge in [-0.15, -0.1) is 0 Å². The second kappa shape index (κ2) is 13.6. The number of aromatic amines is 1. The normalized spacial score (nSPS) is 14.6. The molecule has 2 aromatic rings. The minimum atomic E-state index is -1.16. The van der Waals surface area contributed by atoms with Gasteiger partial charge in [0.15, 0.2) is 0 Å². The van der Waals surface area contributed by atoms with Gasteiger partial charge in [-0.05, 0) is 56.7 Å². The molecule has 11 nitrogen and oxygen atoms in total. The Morgan fingerprint density at radius 1 is 0.972 bits per heavy atom. The van der Waals surface area contributed by atoms with Crippen LogP contribution in [0.4, 0.5) is 0 Å². The van der Waals surface area contributed by atoms with Gasteiger partial charge in [0.25, 0.3) is 0 Å². The van der Waals surface area contributed by atoms with E-state index in [1.54, 1.807) is 13.8 Å². The van der Waals surface area contributed by atoms with E-state index in [4.69, 9.17) is 11.5 Å². The maximum atomic E-state index is 13.0. The van der Waals surface area contributed by atoms with Crippen LogP contribution >= 0.6 is 0 Å². The predicted octanol–water partition coefficient (Wildman–Crippen LogP) is 0.382. The lowest BCUT2D eigenvalue weighted by Gasteiger charge is -2.24. The molecule has 0 radical (unpaired) electrons. The number of H-pyrrole nitrogens is 1. The molecule has 9 N–H and O–H groups in total. The Labute approximate surface area is 210 Å². The SMILES string of the molecule is CC(NC(=O)C(CCCCN)NC(=O)C(N)Cc1c[nH]c2ccccc12)C(=O)NC(C(=O)O)C(C)C. The van der Waals surface area contributed by atoms with Gasteiger partial charge in [-0.1, -0.05) is 32.0 Å². The summed E-state index contributed by atoms with van der Waals surface area (Å²) in [5, 5.41) is 18.0. The van der Waals surface area contributed by atoms with Gasteiger partial charge in [-0.25, -0.2) is 4.79 Å². The Morgan fingerprint density at radius 3 is 2.31 bits per heavy atom. The Kier molecular flexibility index (Phi) is 10.9. The van der Waals surface area contributed by atoms with Crippen LogP contribution in [-0.2, 0) is 25.6 Å². The van der Waals surface area contributed by atoms with Crippen molar-refractivity contribution >= 4 is 34.6 Å². The van der Waals surface area contributed by atoms with Gasteiger partial charge in [-0.2, -0.15) is 0 Å². The van der Waals surface area contributed by atoms with Crippen molar-refractivity contribution in [2.45, 2.75) is 70.6 Å². The summed E-state index contributed by atoms with van der Waals surface area (Å²) in [5.41, 5.74) is 13.6. The molecule has 198 valence electrons. The van der Waals surface area contributed by atoms with Gasteiger partial charge in [0, 0.05) is 17.1 Å². The molecule has 4 unspecified atom stereocenters. The van der Waals surface area contributed by atoms with E-state index in [2.05, 4.69) is 20.9 Å². The van der Waals surface area contributed by atoms with E-state index in [0.29, 0.717) is 25.8 Å². The van der Waals surface area contributed by atoms with Crippen molar-refractivity contribution in [3.63, 3.8) is 0 Å². The molecule has 0 fully saturated rings.